The normalized spacial score (nSPS) is 15.6. The van der Waals surface area contributed by atoms with Gasteiger partial charge in [0, 0.05) is 23.4 Å². The zero-order chi connectivity index (χ0) is 9.97. The van der Waals surface area contributed by atoms with Crippen LogP contribution in [0.2, 0.25) is 5.02 Å². The number of halogens is 1. The summed E-state index contributed by atoms with van der Waals surface area (Å²) in [7, 11) is 1.70. The molecule has 0 aliphatic heterocycles. The lowest BCUT2D eigenvalue weighted by atomic mass is 10.2. The molecule has 0 unspecified atom stereocenters. The SMILES string of the molecule is COc1ccc(Cl)cc1C[NH2+]C1CC1. The van der Waals surface area contributed by atoms with Crippen molar-refractivity contribution in [1.29, 1.82) is 0 Å². The van der Waals surface area contributed by atoms with E-state index in [0.29, 0.717) is 0 Å². The second kappa shape index (κ2) is 4.20. The van der Waals surface area contributed by atoms with Crippen LogP contribution in [0.1, 0.15) is 18.4 Å². The molecule has 0 atom stereocenters. The lowest BCUT2D eigenvalue weighted by Gasteiger charge is -2.07. The predicted molar refractivity (Wildman–Crippen MR) is 56.7 cm³/mol. The molecule has 2 rings (SSSR count). The van der Waals surface area contributed by atoms with E-state index in [-0.39, 0.29) is 0 Å². The minimum Gasteiger partial charge on any atom is -0.496 e. The predicted octanol–water partition coefficient (Wildman–Crippen LogP) is 1.57. The van der Waals surface area contributed by atoms with E-state index >= 15 is 0 Å². The fourth-order valence-corrected chi connectivity index (χ4v) is 1.73. The molecule has 0 saturated heterocycles. The first-order valence-corrected chi connectivity index (χ1v) is 5.33. The van der Waals surface area contributed by atoms with E-state index in [9.17, 15) is 0 Å². The van der Waals surface area contributed by atoms with Gasteiger partial charge in [-0.25, -0.2) is 0 Å². The summed E-state index contributed by atoms with van der Waals surface area (Å²) >= 11 is 5.94. The van der Waals surface area contributed by atoms with Gasteiger partial charge < -0.3 is 10.1 Å². The van der Waals surface area contributed by atoms with Gasteiger partial charge in [0.1, 0.15) is 12.3 Å². The van der Waals surface area contributed by atoms with Gasteiger partial charge in [-0.05, 0) is 18.2 Å². The summed E-state index contributed by atoms with van der Waals surface area (Å²) in [5, 5.41) is 3.14. The number of methoxy groups -OCH3 is 1. The molecular formula is C11H15ClNO+. The van der Waals surface area contributed by atoms with Crippen LogP contribution in [0.3, 0.4) is 0 Å². The topological polar surface area (TPSA) is 25.8 Å². The van der Waals surface area contributed by atoms with Gasteiger partial charge in [-0.15, -0.1) is 0 Å². The number of ether oxygens (including phenoxy) is 1. The van der Waals surface area contributed by atoms with Crippen molar-refractivity contribution in [3.63, 3.8) is 0 Å². The highest BCUT2D eigenvalue weighted by atomic mass is 35.5. The van der Waals surface area contributed by atoms with Gasteiger partial charge in [-0.2, -0.15) is 0 Å². The van der Waals surface area contributed by atoms with Crippen LogP contribution in [0.5, 0.6) is 5.75 Å². The van der Waals surface area contributed by atoms with Crippen molar-refractivity contribution in [3.05, 3.63) is 28.8 Å². The molecule has 0 bridgehead atoms. The zero-order valence-corrected chi connectivity index (χ0v) is 9.05. The maximum atomic E-state index is 5.94. The molecule has 0 heterocycles. The Morgan fingerprint density at radius 2 is 2.29 bits per heavy atom. The number of benzene rings is 1. The average molecular weight is 213 g/mol. The monoisotopic (exact) mass is 212 g/mol. The summed E-state index contributed by atoms with van der Waals surface area (Å²) in [6.45, 7) is 0.967. The van der Waals surface area contributed by atoms with Crippen molar-refractivity contribution >= 4 is 11.6 Å². The Hall–Kier alpha value is -0.730. The Kier molecular flexibility index (Phi) is 2.94. The summed E-state index contributed by atoms with van der Waals surface area (Å²) in [6, 6.07) is 6.61. The van der Waals surface area contributed by atoms with Crippen molar-refractivity contribution in [1.82, 2.24) is 0 Å². The summed E-state index contributed by atoms with van der Waals surface area (Å²) in [6.07, 6.45) is 2.70. The van der Waals surface area contributed by atoms with Gasteiger partial charge in [0.15, 0.2) is 0 Å². The van der Waals surface area contributed by atoms with Gasteiger partial charge in [-0.1, -0.05) is 11.6 Å². The van der Waals surface area contributed by atoms with E-state index in [2.05, 4.69) is 5.32 Å². The maximum absolute atomic E-state index is 5.94. The number of hydrogen-bond acceptors (Lipinski definition) is 1. The molecule has 1 fully saturated rings. The molecule has 1 saturated carbocycles. The van der Waals surface area contributed by atoms with Crippen molar-refractivity contribution in [2.24, 2.45) is 0 Å². The van der Waals surface area contributed by atoms with E-state index in [1.54, 1.807) is 7.11 Å². The van der Waals surface area contributed by atoms with Crippen LogP contribution in [0.4, 0.5) is 0 Å². The number of rotatable bonds is 4. The quantitative estimate of drug-likeness (QED) is 0.806. The third-order valence-corrected chi connectivity index (χ3v) is 2.77. The average Bonchev–Trinajstić information content (AvgIpc) is 2.98. The lowest BCUT2D eigenvalue weighted by molar-refractivity contribution is -0.683. The van der Waals surface area contributed by atoms with Gasteiger partial charge >= 0.3 is 0 Å². The van der Waals surface area contributed by atoms with E-state index in [1.807, 2.05) is 18.2 Å². The molecule has 1 aliphatic rings. The standard InChI is InChI=1S/C11H14ClNO/c1-14-11-5-2-9(12)6-8(11)7-13-10-3-4-10/h2,5-6,10,13H,3-4,7H2,1H3/p+1. The minimum absolute atomic E-state index is 0.782. The van der Waals surface area contributed by atoms with Crippen LogP contribution in [0.25, 0.3) is 0 Å². The fraction of sp³-hybridized carbons (Fsp3) is 0.455. The number of nitrogens with two attached hydrogens (primary N) is 1. The largest absolute Gasteiger partial charge is 0.496 e. The molecule has 0 spiro atoms. The molecule has 1 aromatic carbocycles. The molecule has 1 aliphatic carbocycles. The number of hydrogen-bond donors (Lipinski definition) is 1. The molecule has 1 aromatic rings. The first-order chi connectivity index (χ1) is 6.79. The van der Waals surface area contributed by atoms with Crippen LogP contribution in [0.15, 0.2) is 18.2 Å². The maximum Gasteiger partial charge on any atom is 0.127 e. The highest BCUT2D eigenvalue weighted by Crippen LogP contribution is 2.22. The third-order valence-electron chi connectivity index (χ3n) is 2.54. The molecule has 0 amide bonds. The van der Waals surface area contributed by atoms with Crippen molar-refractivity contribution < 1.29 is 10.1 Å². The molecule has 3 heteroatoms. The van der Waals surface area contributed by atoms with Gasteiger partial charge in [0.25, 0.3) is 0 Å². The molecule has 0 aromatic heterocycles. The van der Waals surface area contributed by atoms with Crippen LogP contribution >= 0.6 is 11.6 Å². The minimum atomic E-state index is 0.782. The smallest absolute Gasteiger partial charge is 0.127 e. The van der Waals surface area contributed by atoms with Crippen LogP contribution < -0.4 is 10.1 Å². The molecular weight excluding hydrogens is 198 g/mol. The Morgan fingerprint density at radius 3 is 2.93 bits per heavy atom. The Labute approximate surface area is 89.2 Å². The van der Waals surface area contributed by atoms with Crippen LogP contribution in [-0.4, -0.2) is 13.2 Å². The third kappa shape index (κ3) is 2.40. The van der Waals surface area contributed by atoms with Crippen LogP contribution in [-0.2, 0) is 6.54 Å². The van der Waals surface area contributed by atoms with Gasteiger partial charge in [0.2, 0.25) is 0 Å². The molecule has 14 heavy (non-hydrogen) atoms. The van der Waals surface area contributed by atoms with E-state index in [0.717, 1.165) is 23.4 Å². The van der Waals surface area contributed by atoms with Crippen molar-refractivity contribution in [2.45, 2.75) is 25.4 Å². The first-order valence-electron chi connectivity index (χ1n) is 4.95. The molecule has 2 N–H and O–H groups in total. The van der Waals surface area contributed by atoms with Gasteiger partial charge in [0.05, 0.1) is 13.2 Å². The van der Waals surface area contributed by atoms with Gasteiger partial charge in [-0.3, -0.25) is 0 Å². The molecule has 2 nitrogen and oxygen atoms in total. The Bertz CT molecular complexity index is 323. The summed E-state index contributed by atoms with van der Waals surface area (Å²) < 4.78 is 5.27. The Balaban J connectivity index is 2.07. The van der Waals surface area contributed by atoms with E-state index in [1.165, 1.54) is 18.4 Å². The summed E-state index contributed by atoms with van der Waals surface area (Å²) in [5.41, 5.74) is 1.19. The first kappa shape index (κ1) is 9.81. The fourth-order valence-electron chi connectivity index (χ4n) is 1.53. The lowest BCUT2D eigenvalue weighted by Crippen LogP contribution is -2.84. The summed E-state index contributed by atoms with van der Waals surface area (Å²) in [4.78, 5) is 0. The van der Waals surface area contributed by atoms with E-state index in [4.69, 9.17) is 16.3 Å². The number of quaternary nitrogens is 1. The van der Waals surface area contributed by atoms with Crippen molar-refractivity contribution in [3.8, 4) is 5.75 Å². The summed E-state index contributed by atoms with van der Waals surface area (Å²) in [5.74, 6) is 0.936. The van der Waals surface area contributed by atoms with E-state index < -0.39 is 0 Å². The van der Waals surface area contributed by atoms with Crippen LogP contribution in [0, 0.1) is 0 Å². The van der Waals surface area contributed by atoms with Crippen molar-refractivity contribution in [2.75, 3.05) is 7.11 Å². The highest BCUT2D eigenvalue weighted by molar-refractivity contribution is 6.30. The second-order valence-electron chi connectivity index (χ2n) is 3.73. The molecule has 0 radical (unpaired) electrons. The highest BCUT2D eigenvalue weighted by Gasteiger charge is 2.25. The Morgan fingerprint density at radius 1 is 1.50 bits per heavy atom. The molecule has 76 valence electrons. The zero-order valence-electron chi connectivity index (χ0n) is 8.29. The second-order valence-corrected chi connectivity index (χ2v) is 4.17.